The van der Waals surface area contributed by atoms with Crippen LogP contribution >= 0.6 is 0 Å². The lowest BCUT2D eigenvalue weighted by atomic mass is 9.79. The maximum atomic E-state index is 12.9. The van der Waals surface area contributed by atoms with Crippen molar-refractivity contribution in [3.8, 4) is 11.5 Å². The molecule has 0 spiro atoms. The fraction of sp³-hybridized carbons (Fsp3) is 0.231. The molecule has 258 valence electrons. The van der Waals surface area contributed by atoms with Crippen LogP contribution in [0.15, 0.2) is 122 Å². The number of nitrogens with one attached hydrogen (secondary N) is 1. The highest BCUT2D eigenvalue weighted by molar-refractivity contribution is 6.06. The molecule has 0 aliphatic carbocycles. The first-order chi connectivity index (χ1) is 25.0. The number of carbonyl (C=O) groups is 1. The van der Waals surface area contributed by atoms with Gasteiger partial charge in [0.05, 0.1) is 33.8 Å². The van der Waals surface area contributed by atoms with E-state index < -0.39 is 29.6 Å². The van der Waals surface area contributed by atoms with Crippen molar-refractivity contribution >= 4 is 22.9 Å². The second kappa shape index (κ2) is 13.2. The van der Waals surface area contributed by atoms with Crippen molar-refractivity contribution in [3.63, 3.8) is 0 Å². The second-order valence-electron chi connectivity index (χ2n) is 12.5. The lowest BCUT2D eigenvalue weighted by Crippen LogP contribution is -2.48. The summed E-state index contributed by atoms with van der Waals surface area (Å²) < 4.78 is 32.7. The fourth-order valence-corrected chi connectivity index (χ4v) is 6.94. The zero-order chi connectivity index (χ0) is 35.0. The molecular weight excluding hydrogens is 650 g/mol. The zero-order valence-corrected chi connectivity index (χ0v) is 27.9. The van der Waals surface area contributed by atoms with E-state index in [9.17, 15) is 9.90 Å². The topological polar surface area (TPSA) is 139 Å². The molecule has 4 atom stereocenters. The fourth-order valence-electron chi connectivity index (χ4n) is 6.94. The highest BCUT2D eigenvalue weighted by Crippen LogP contribution is 2.49. The number of aliphatic hydroxyl groups is 1. The number of aromatic nitrogens is 4. The average Bonchev–Trinajstić information content (AvgIpc) is 3.85. The Morgan fingerprint density at radius 3 is 2.10 bits per heavy atom. The molecule has 12 nitrogen and oxygen atoms in total. The number of aliphatic hydroxyl groups excluding tert-OH is 1. The molecule has 1 amide bonds. The Labute approximate surface area is 293 Å². The molecule has 2 bridgehead atoms. The van der Waals surface area contributed by atoms with Crippen molar-refractivity contribution in [2.75, 3.05) is 32.8 Å². The lowest BCUT2D eigenvalue weighted by molar-refractivity contribution is -0.202. The van der Waals surface area contributed by atoms with Crippen LogP contribution in [0.3, 0.4) is 0 Å². The number of methoxy groups -OCH3 is 2. The number of rotatable bonds is 11. The van der Waals surface area contributed by atoms with Crippen molar-refractivity contribution in [1.29, 1.82) is 0 Å². The van der Waals surface area contributed by atoms with E-state index >= 15 is 0 Å². The maximum Gasteiger partial charge on any atom is 0.256 e. The summed E-state index contributed by atoms with van der Waals surface area (Å²) in [5.41, 5.74) is 1.46. The number of fused-ring (bicyclic) bond motifs is 3. The van der Waals surface area contributed by atoms with Crippen LogP contribution < -0.4 is 14.8 Å². The minimum Gasteiger partial charge on any atom is -0.497 e. The molecule has 8 rings (SSSR count). The van der Waals surface area contributed by atoms with E-state index in [-0.39, 0.29) is 24.9 Å². The Morgan fingerprint density at radius 2 is 1.47 bits per heavy atom. The molecule has 4 aromatic carbocycles. The number of nitrogens with zero attached hydrogens (tertiary/aromatic N) is 4. The Morgan fingerprint density at radius 1 is 0.863 bits per heavy atom. The first-order valence-corrected chi connectivity index (χ1v) is 16.5. The molecule has 2 fully saturated rings. The van der Waals surface area contributed by atoms with E-state index in [1.54, 1.807) is 49.4 Å². The first-order valence-electron chi connectivity index (χ1n) is 16.5. The molecule has 51 heavy (non-hydrogen) atoms. The third-order valence-electron chi connectivity index (χ3n) is 9.61. The zero-order valence-electron chi connectivity index (χ0n) is 27.9. The largest absolute Gasteiger partial charge is 0.497 e. The van der Waals surface area contributed by atoms with Gasteiger partial charge in [-0.15, -0.1) is 0 Å². The molecule has 6 aromatic rings. The van der Waals surface area contributed by atoms with Gasteiger partial charge in [-0.05, 0) is 53.1 Å². The quantitative estimate of drug-likeness (QED) is 0.177. The van der Waals surface area contributed by atoms with E-state index in [0.717, 1.165) is 16.7 Å². The molecule has 4 heterocycles. The molecule has 3 unspecified atom stereocenters. The van der Waals surface area contributed by atoms with Crippen molar-refractivity contribution in [2.45, 2.75) is 29.6 Å². The number of hydrogen-bond acceptors (Lipinski definition) is 10. The Balaban J connectivity index is 1.14. The lowest BCUT2D eigenvalue weighted by Gasteiger charge is -2.39. The molecule has 0 saturated carbocycles. The second-order valence-corrected chi connectivity index (χ2v) is 12.5. The van der Waals surface area contributed by atoms with E-state index in [4.69, 9.17) is 23.7 Å². The predicted octanol–water partition coefficient (Wildman–Crippen LogP) is 5.13. The summed E-state index contributed by atoms with van der Waals surface area (Å²) in [6.45, 7) is 0.0690. The minimum atomic E-state index is -1.23. The number of imidazole rings is 1. The van der Waals surface area contributed by atoms with Crippen LogP contribution in [0.2, 0.25) is 0 Å². The van der Waals surface area contributed by atoms with Crippen molar-refractivity contribution in [2.24, 2.45) is 0 Å². The van der Waals surface area contributed by atoms with Gasteiger partial charge < -0.3 is 34.1 Å². The molecule has 2 aromatic heterocycles. The molecular formula is C39H35N5O7. The van der Waals surface area contributed by atoms with Crippen molar-refractivity contribution < 1.29 is 33.6 Å². The Hall–Kier alpha value is -5.66. The van der Waals surface area contributed by atoms with Gasteiger partial charge in [-0.25, -0.2) is 15.0 Å². The number of benzene rings is 4. The molecule has 0 radical (unpaired) electrons. The number of carbonyl (C=O) groups excluding carboxylic acids is 1. The van der Waals surface area contributed by atoms with Crippen molar-refractivity contribution in [3.05, 3.63) is 144 Å². The van der Waals surface area contributed by atoms with E-state index in [0.29, 0.717) is 28.2 Å². The Bertz CT molecular complexity index is 2100. The van der Waals surface area contributed by atoms with Gasteiger partial charge in [-0.1, -0.05) is 72.8 Å². The Kier molecular flexibility index (Phi) is 8.44. The monoisotopic (exact) mass is 685 g/mol. The summed E-state index contributed by atoms with van der Waals surface area (Å²) in [5, 5.41) is 14.6. The summed E-state index contributed by atoms with van der Waals surface area (Å²) >= 11 is 0. The number of amides is 1. The van der Waals surface area contributed by atoms with Gasteiger partial charge in [0.15, 0.2) is 23.2 Å². The normalized spacial score (nSPS) is 21.1. The summed E-state index contributed by atoms with van der Waals surface area (Å²) in [6, 6.07) is 34.2. The minimum absolute atomic E-state index is 0.0336. The molecule has 2 aliphatic heterocycles. The number of anilines is 1. The summed E-state index contributed by atoms with van der Waals surface area (Å²) in [7, 11) is 3.25. The standard InChI is InChI=1S/C39H35N5O7/c1-47-29-17-13-27(14-18-29)39(26-11-7-4-8-12-26,28-15-19-30(48-2)20-16-28)50-22-38-21-49-32(33(38)45)37(51-38)44-24-42-31-34(40-23-41-35(31)44)43-36(46)25-9-5-3-6-10-25/h3-20,23-24,32-33,37,45H,21-22H2,1-2H3,(H,40,41,43,46)/t32?,33?,37?,38-/m1/s1. The van der Waals surface area contributed by atoms with E-state index in [1.807, 2.05) is 84.9 Å². The first kappa shape index (κ1) is 32.5. The highest BCUT2D eigenvalue weighted by atomic mass is 16.7. The van der Waals surface area contributed by atoms with Crippen LogP contribution in [-0.2, 0) is 19.8 Å². The highest BCUT2D eigenvalue weighted by Gasteiger charge is 2.63. The van der Waals surface area contributed by atoms with Crippen LogP contribution in [0.1, 0.15) is 33.3 Å². The SMILES string of the molecule is COc1ccc(C(OC[C@@]23COC(C(n4cnc5c(NC(=O)c6ccccc6)ncnc54)O2)C3O)(c2ccccc2)c2ccc(OC)cc2)cc1. The molecule has 12 heteroatoms. The van der Waals surface area contributed by atoms with Crippen LogP contribution in [-0.4, -0.2) is 75.8 Å². The van der Waals surface area contributed by atoms with Gasteiger partial charge in [0, 0.05) is 5.56 Å². The van der Waals surface area contributed by atoms with Crippen LogP contribution in [0.25, 0.3) is 11.2 Å². The third-order valence-corrected chi connectivity index (χ3v) is 9.61. The number of ether oxygens (including phenoxy) is 5. The van der Waals surface area contributed by atoms with Crippen LogP contribution in [0, 0.1) is 0 Å². The predicted molar refractivity (Wildman–Crippen MR) is 187 cm³/mol. The smallest absolute Gasteiger partial charge is 0.256 e. The van der Waals surface area contributed by atoms with E-state index in [1.165, 1.54) is 6.33 Å². The van der Waals surface area contributed by atoms with Crippen molar-refractivity contribution in [1.82, 2.24) is 19.5 Å². The summed E-state index contributed by atoms with van der Waals surface area (Å²) in [6.07, 6.45) is 0.331. The number of hydrogen-bond donors (Lipinski definition) is 2. The summed E-state index contributed by atoms with van der Waals surface area (Å²) in [5.74, 6) is 1.34. The average molecular weight is 686 g/mol. The van der Waals surface area contributed by atoms with Crippen LogP contribution in [0.5, 0.6) is 11.5 Å². The van der Waals surface area contributed by atoms with Gasteiger partial charge in [0.1, 0.15) is 41.2 Å². The third kappa shape index (κ3) is 5.58. The van der Waals surface area contributed by atoms with Gasteiger partial charge in [-0.2, -0.15) is 0 Å². The van der Waals surface area contributed by atoms with Crippen LogP contribution in [0.4, 0.5) is 5.82 Å². The molecule has 2 aliphatic rings. The summed E-state index contributed by atoms with van der Waals surface area (Å²) in [4.78, 5) is 26.2. The molecule has 2 N–H and O–H groups in total. The van der Waals surface area contributed by atoms with Gasteiger partial charge >= 0.3 is 0 Å². The van der Waals surface area contributed by atoms with Gasteiger partial charge in [0.2, 0.25) is 0 Å². The maximum absolute atomic E-state index is 12.9. The van der Waals surface area contributed by atoms with Gasteiger partial charge in [0.25, 0.3) is 5.91 Å². The van der Waals surface area contributed by atoms with Gasteiger partial charge in [-0.3, -0.25) is 9.36 Å². The molecule has 2 saturated heterocycles. The van der Waals surface area contributed by atoms with E-state index in [2.05, 4.69) is 20.3 Å².